The number of piperazine rings is 1. The number of benzene rings is 1. The third-order valence-electron chi connectivity index (χ3n) is 5.60. The Labute approximate surface area is 163 Å². The molecule has 1 saturated heterocycles. The highest BCUT2D eigenvalue weighted by molar-refractivity contribution is 5.85. The first-order chi connectivity index (χ1) is 13.5. The molecule has 1 fully saturated rings. The summed E-state index contributed by atoms with van der Waals surface area (Å²) >= 11 is 0. The van der Waals surface area contributed by atoms with Gasteiger partial charge in [0.2, 0.25) is 5.91 Å². The number of hydrogen-bond donors (Lipinski definition) is 2. The van der Waals surface area contributed by atoms with Crippen molar-refractivity contribution in [2.45, 2.75) is 25.9 Å². The van der Waals surface area contributed by atoms with Crippen LogP contribution < -0.4 is 4.90 Å². The van der Waals surface area contributed by atoms with Gasteiger partial charge in [0.05, 0.1) is 30.8 Å². The van der Waals surface area contributed by atoms with E-state index in [-0.39, 0.29) is 25.4 Å². The van der Waals surface area contributed by atoms with E-state index in [9.17, 15) is 14.7 Å². The molecule has 0 bridgehead atoms. The number of aryl methyl sites for hydroxylation is 1. The second-order valence-electron chi connectivity index (χ2n) is 7.51. The summed E-state index contributed by atoms with van der Waals surface area (Å²) < 4.78 is 0. The molecule has 1 aromatic carbocycles. The summed E-state index contributed by atoms with van der Waals surface area (Å²) in [7, 11) is 0. The molecule has 0 spiro atoms. The minimum absolute atomic E-state index is 0.142. The lowest BCUT2D eigenvalue weighted by Crippen LogP contribution is -2.54. The molecule has 28 heavy (non-hydrogen) atoms. The van der Waals surface area contributed by atoms with E-state index in [1.165, 1.54) is 16.2 Å². The highest BCUT2D eigenvalue weighted by Gasteiger charge is 2.36. The molecule has 1 aromatic heterocycles. The molecule has 2 N–H and O–H groups in total. The van der Waals surface area contributed by atoms with Crippen molar-refractivity contribution in [1.29, 1.82) is 0 Å². The van der Waals surface area contributed by atoms with Gasteiger partial charge in [0, 0.05) is 38.3 Å². The Hall–Kier alpha value is -2.87. The van der Waals surface area contributed by atoms with E-state index in [1.807, 2.05) is 0 Å². The molecular formula is C20H25N5O3. The summed E-state index contributed by atoms with van der Waals surface area (Å²) in [6.45, 7) is 5.86. The van der Waals surface area contributed by atoms with Gasteiger partial charge in [-0.2, -0.15) is 0 Å². The number of anilines is 1. The molecule has 4 rings (SSSR count). The Balaban J connectivity index is 1.37. The van der Waals surface area contributed by atoms with E-state index in [0.29, 0.717) is 0 Å². The van der Waals surface area contributed by atoms with Gasteiger partial charge in [0.15, 0.2) is 0 Å². The maximum Gasteiger partial charge on any atom is 0.326 e. The van der Waals surface area contributed by atoms with Crippen molar-refractivity contribution in [2.75, 3.05) is 37.6 Å². The zero-order valence-electron chi connectivity index (χ0n) is 16.0. The summed E-state index contributed by atoms with van der Waals surface area (Å²) in [4.78, 5) is 37.6. The Morgan fingerprint density at radius 2 is 2.04 bits per heavy atom. The maximum absolute atomic E-state index is 12.9. The quantitative estimate of drug-likeness (QED) is 0.814. The van der Waals surface area contributed by atoms with Crippen molar-refractivity contribution in [3.05, 3.63) is 47.5 Å². The summed E-state index contributed by atoms with van der Waals surface area (Å²) in [6, 6.07) is 7.58. The molecule has 8 heteroatoms. The van der Waals surface area contributed by atoms with Crippen LogP contribution in [0.15, 0.2) is 30.6 Å². The molecule has 0 unspecified atom stereocenters. The van der Waals surface area contributed by atoms with Crippen molar-refractivity contribution in [2.24, 2.45) is 0 Å². The van der Waals surface area contributed by atoms with Gasteiger partial charge in [-0.3, -0.25) is 9.69 Å². The smallest absolute Gasteiger partial charge is 0.326 e. The number of carboxylic acids is 1. The molecule has 0 aliphatic carbocycles. The highest BCUT2D eigenvalue weighted by atomic mass is 16.4. The number of imidazole rings is 1. The lowest BCUT2D eigenvalue weighted by atomic mass is 10.0. The van der Waals surface area contributed by atoms with Gasteiger partial charge in [-0.15, -0.1) is 0 Å². The molecule has 2 aromatic rings. The van der Waals surface area contributed by atoms with Crippen molar-refractivity contribution < 1.29 is 14.7 Å². The topological polar surface area (TPSA) is 92.8 Å². The van der Waals surface area contributed by atoms with E-state index in [4.69, 9.17) is 0 Å². The molecule has 2 aliphatic rings. The van der Waals surface area contributed by atoms with Crippen LogP contribution in [0.25, 0.3) is 0 Å². The van der Waals surface area contributed by atoms with Gasteiger partial charge in [-0.25, -0.2) is 9.78 Å². The van der Waals surface area contributed by atoms with Crippen LogP contribution in [-0.2, 0) is 22.6 Å². The monoisotopic (exact) mass is 383 g/mol. The summed E-state index contributed by atoms with van der Waals surface area (Å²) in [5, 5.41) is 9.56. The number of carbonyl (C=O) groups is 2. The zero-order chi connectivity index (χ0) is 19.7. The second-order valence-corrected chi connectivity index (χ2v) is 7.51. The zero-order valence-corrected chi connectivity index (χ0v) is 16.0. The predicted octanol–water partition coefficient (Wildman–Crippen LogP) is 0.878. The SMILES string of the molecule is Cc1cccc(N2CCN(CC(=O)N3Cc4[nH]cnc4C[C@@H]3C(=O)O)CC2)c1. The fraction of sp³-hybridized carbons (Fsp3) is 0.450. The van der Waals surface area contributed by atoms with Crippen LogP contribution in [0.5, 0.6) is 0 Å². The maximum atomic E-state index is 12.9. The average Bonchev–Trinajstić information content (AvgIpc) is 3.15. The third-order valence-corrected chi connectivity index (χ3v) is 5.60. The first-order valence-corrected chi connectivity index (χ1v) is 9.58. The molecule has 2 aliphatic heterocycles. The standard InChI is InChI=1S/C20H25N5O3/c1-14-3-2-4-15(9-14)24-7-5-23(6-8-24)12-19(26)25-11-17-16(21-13-22-17)10-18(25)20(27)28/h2-4,9,13,18H,5-8,10-12H2,1H3,(H,21,22)(H,27,28)/t18-/m1/s1. The predicted molar refractivity (Wildman–Crippen MR) is 104 cm³/mol. The average molecular weight is 383 g/mol. The summed E-state index contributed by atoms with van der Waals surface area (Å²) in [5.41, 5.74) is 4.01. The first kappa shape index (κ1) is 18.5. The molecular weight excluding hydrogens is 358 g/mol. The number of nitrogens with zero attached hydrogens (tertiary/aromatic N) is 4. The Bertz CT molecular complexity index is 872. The number of H-pyrrole nitrogens is 1. The number of hydrogen-bond acceptors (Lipinski definition) is 5. The lowest BCUT2D eigenvalue weighted by molar-refractivity contribution is -0.152. The Kier molecular flexibility index (Phi) is 5.04. The Morgan fingerprint density at radius 1 is 1.25 bits per heavy atom. The molecule has 0 saturated carbocycles. The third kappa shape index (κ3) is 3.73. The number of rotatable bonds is 4. The largest absolute Gasteiger partial charge is 0.480 e. The highest BCUT2D eigenvalue weighted by Crippen LogP contribution is 2.22. The number of fused-ring (bicyclic) bond motifs is 1. The van der Waals surface area contributed by atoms with Gasteiger partial charge < -0.3 is 19.9 Å². The minimum Gasteiger partial charge on any atom is -0.480 e. The van der Waals surface area contributed by atoms with Crippen molar-refractivity contribution in [3.63, 3.8) is 0 Å². The van der Waals surface area contributed by atoms with Crippen LogP contribution in [0.4, 0.5) is 5.69 Å². The number of aliphatic carboxylic acids is 1. The normalized spacial score (nSPS) is 20.1. The lowest BCUT2D eigenvalue weighted by Gasteiger charge is -2.38. The Morgan fingerprint density at radius 3 is 2.75 bits per heavy atom. The van der Waals surface area contributed by atoms with Crippen molar-refractivity contribution in [1.82, 2.24) is 19.8 Å². The number of amides is 1. The van der Waals surface area contributed by atoms with E-state index in [2.05, 4.69) is 51.0 Å². The molecule has 1 amide bonds. The fourth-order valence-corrected chi connectivity index (χ4v) is 3.99. The van der Waals surface area contributed by atoms with Crippen LogP contribution >= 0.6 is 0 Å². The van der Waals surface area contributed by atoms with Crippen LogP contribution in [0, 0.1) is 6.92 Å². The minimum atomic E-state index is -0.980. The van der Waals surface area contributed by atoms with Crippen LogP contribution in [0.3, 0.4) is 0 Å². The number of nitrogens with one attached hydrogen (secondary N) is 1. The fourth-order valence-electron chi connectivity index (χ4n) is 3.99. The molecule has 3 heterocycles. The van der Waals surface area contributed by atoms with Crippen molar-refractivity contribution >= 4 is 17.6 Å². The van der Waals surface area contributed by atoms with Crippen LogP contribution in [0.2, 0.25) is 0 Å². The summed E-state index contributed by atoms with van der Waals surface area (Å²) in [6.07, 6.45) is 1.81. The van der Waals surface area contributed by atoms with Gasteiger partial charge in [0.25, 0.3) is 0 Å². The number of aromatic nitrogens is 2. The van der Waals surface area contributed by atoms with Gasteiger partial charge in [-0.05, 0) is 24.6 Å². The summed E-state index contributed by atoms with van der Waals surface area (Å²) in [5.74, 6) is -1.12. The number of aromatic amines is 1. The molecule has 8 nitrogen and oxygen atoms in total. The first-order valence-electron chi connectivity index (χ1n) is 9.58. The van der Waals surface area contributed by atoms with E-state index >= 15 is 0 Å². The van der Waals surface area contributed by atoms with E-state index < -0.39 is 12.0 Å². The van der Waals surface area contributed by atoms with E-state index in [0.717, 1.165) is 37.6 Å². The van der Waals surface area contributed by atoms with Crippen LogP contribution in [-0.4, -0.2) is 75.5 Å². The molecule has 1 atom stereocenters. The van der Waals surface area contributed by atoms with Crippen molar-refractivity contribution in [3.8, 4) is 0 Å². The van der Waals surface area contributed by atoms with Gasteiger partial charge in [0.1, 0.15) is 6.04 Å². The molecule has 148 valence electrons. The second kappa shape index (κ2) is 7.63. The van der Waals surface area contributed by atoms with E-state index in [1.54, 1.807) is 6.33 Å². The van der Waals surface area contributed by atoms with Gasteiger partial charge in [-0.1, -0.05) is 12.1 Å². The number of carboxylic acid groups (broad SMARTS) is 1. The number of carbonyl (C=O) groups excluding carboxylic acids is 1. The van der Waals surface area contributed by atoms with Gasteiger partial charge >= 0.3 is 5.97 Å². The van der Waals surface area contributed by atoms with Crippen LogP contribution in [0.1, 0.15) is 17.0 Å². The molecule has 0 radical (unpaired) electrons.